The fraction of sp³-hybridized carbons (Fsp3) is 0.545. The van der Waals surface area contributed by atoms with Gasteiger partial charge < -0.3 is 13.9 Å². The Bertz CT molecular complexity index is 410. The Morgan fingerprint density at radius 3 is 2.47 bits per heavy atom. The van der Waals surface area contributed by atoms with Crippen molar-refractivity contribution in [2.45, 2.75) is 27.2 Å². The average Bonchev–Trinajstić information content (AvgIpc) is 2.60. The number of aromatic nitrogens is 1. The molecule has 0 amide bonds. The number of esters is 2. The van der Waals surface area contributed by atoms with E-state index in [1.165, 1.54) is 0 Å². The standard InChI is InChI=1S/C11H15NO5/c1-4-15-9(13)6-8-12-10(7(3)17-8)11(14)16-5-2/h4-6H2,1-3H3. The molecule has 0 radical (unpaired) electrons. The van der Waals surface area contributed by atoms with Crippen LogP contribution in [0.1, 0.15) is 36.0 Å². The van der Waals surface area contributed by atoms with Crippen LogP contribution in [0.25, 0.3) is 0 Å². The quantitative estimate of drug-likeness (QED) is 0.722. The predicted octanol–water partition coefficient (Wildman–Crippen LogP) is 1.27. The molecular formula is C11H15NO5. The summed E-state index contributed by atoms with van der Waals surface area (Å²) in [6.45, 7) is 5.56. The van der Waals surface area contributed by atoms with Crippen molar-refractivity contribution in [3.8, 4) is 0 Å². The van der Waals surface area contributed by atoms with Crippen LogP contribution in [-0.2, 0) is 20.7 Å². The second-order valence-electron chi connectivity index (χ2n) is 3.21. The minimum atomic E-state index is -0.552. The first-order chi connectivity index (χ1) is 8.08. The van der Waals surface area contributed by atoms with Gasteiger partial charge in [0.2, 0.25) is 5.89 Å². The molecule has 1 rings (SSSR count). The maximum atomic E-state index is 11.4. The number of hydrogen-bond acceptors (Lipinski definition) is 6. The number of rotatable bonds is 5. The van der Waals surface area contributed by atoms with Crippen molar-refractivity contribution in [1.82, 2.24) is 4.98 Å². The van der Waals surface area contributed by atoms with Gasteiger partial charge in [-0.25, -0.2) is 9.78 Å². The zero-order chi connectivity index (χ0) is 12.8. The van der Waals surface area contributed by atoms with Crippen molar-refractivity contribution in [2.24, 2.45) is 0 Å². The van der Waals surface area contributed by atoms with Crippen molar-refractivity contribution in [2.75, 3.05) is 13.2 Å². The Balaban J connectivity index is 2.74. The zero-order valence-electron chi connectivity index (χ0n) is 10.1. The largest absolute Gasteiger partial charge is 0.466 e. The van der Waals surface area contributed by atoms with E-state index in [-0.39, 0.29) is 24.6 Å². The van der Waals surface area contributed by atoms with E-state index in [0.29, 0.717) is 12.4 Å². The van der Waals surface area contributed by atoms with Crippen molar-refractivity contribution < 1.29 is 23.5 Å². The van der Waals surface area contributed by atoms with Crippen LogP contribution in [0.2, 0.25) is 0 Å². The third-order valence-corrected chi connectivity index (χ3v) is 1.91. The van der Waals surface area contributed by atoms with Gasteiger partial charge in [-0.15, -0.1) is 0 Å². The summed E-state index contributed by atoms with van der Waals surface area (Å²) in [5, 5.41) is 0. The van der Waals surface area contributed by atoms with Crippen LogP contribution in [0.3, 0.4) is 0 Å². The van der Waals surface area contributed by atoms with Gasteiger partial charge in [0.25, 0.3) is 0 Å². The van der Waals surface area contributed by atoms with E-state index in [0.717, 1.165) is 0 Å². The fourth-order valence-electron chi connectivity index (χ4n) is 1.25. The Morgan fingerprint density at radius 1 is 1.24 bits per heavy atom. The van der Waals surface area contributed by atoms with Gasteiger partial charge in [0, 0.05) is 0 Å². The highest BCUT2D eigenvalue weighted by Crippen LogP contribution is 2.12. The summed E-state index contributed by atoms with van der Waals surface area (Å²) >= 11 is 0. The topological polar surface area (TPSA) is 78.6 Å². The molecule has 0 aliphatic carbocycles. The normalized spacial score (nSPS) is 10.1. The highest BCUT2D eigenvalue weighted by atomic mass is 16.5. The summed E-state index contributed by atoms with van der Waals surface area (Å²) in [5.41, 5.74) is 0.103. The molecule has 0 saturated carbocycles. The molecule has 0 fully saturated rings. The molecule has 6 heteroatoms. The van der Waals surface area contributed by atoms with Gasteiger partial charge >= 0.3 is 11.9 Å². The zero-order valence-corrected chi connectivity index (χ0v) is 10.1. The fourth-order valence-corrected chi connectivity index (χ4v) is 1.25. The molecule has 1 aromatic rings. The van der Waals surface area contributed by atoms with E-state index in [4.69, 9.17) is 13.9 Å². The third-order valence-electron chi connectivity index (χ3n) is 1.91. The van der Waals surface area contributed by atoms with Gasteiger partial charge in [-0.3, -0.25) is 4.79 Å². The summed E-state index contributed by atoms with van der Waals surface area (Å²) < 4.78 is 14.7. The van der Waals surface area contributed by atoms with E-state index in [1.807, 2.05) is 0 Å². The number of nitrogens with zero attached hydrogens (tertiary/aromatic N) is 1. The van der Waals surface area contributed by atoms with Crippen molar-refractivity contribution in [3.05, 3.63) is 17.3 Å². The Morgan fingerprint density at radius 2 is 1.88 bits per heavy atom. The summed E-state index contributed by atoms with van der Waals surface area (Å²) in [5.74, 6) is -0.500. The Labute approximate surface area is 98.9 Å². The summed E-state index contributed by atoms with van der Waals surface area (Å²) in [6, 6.07) is 0. The first-order valence-electron chi connectivity index (χ1n) is 5.37. The van der Waals surface area contributed by atoms with E-state index < -0.39 is 11.9 Å². The summed E-state index contributed by atoms with van der Waals surface area (Å²) in [4.78, 5) is 26.5. The molecular weight excluding hydrogens is 226 g/mol. The molecule has 0 aliphatic heterocycles. The number of carbonyl (C=O) groups is 2. The molecule has 1 aromatic heterocycles. The minimum absolute atomic E-state index is 0.0892. The van der Waals surface area contributed by atoms with Gasteiger partial charge in [-0.2, -0.15) is 0 Å². The van der Waals surface area contributed by atoms with Crippen molar-refractivity contribution in [3.63, 3.8) is 0 Å². The van der Waals surface area contributed by atoms with E-state index in [2.05, 4.69) is 4.98 Å². The van der Waals surface area contributed by atoms with Crippen molar-refractivity contribution >= 4 is 11.9 Å². The van der Waals surface area contributed by atoms with Crippen LogP contribution in [0.5, 0.6) is 0 Å². The molecule has 94 valence electrons. The second-order valence-corrected chi connectivity index (χ2v) is 3.21. The van der Waals surface area contributed by atoms with Crippen LogP contribution < -0.4 is 0 Å². The van der Waals surface area contributed by atoms with E-state index in [1.54, 1.807) is 20.8 Å². The lowest BCUT2D eigenvalue weighted by molar-refractivity contribution is -0.142. The molecule has 0 unspecified atom stereocenters. The van der Waals surface area contributed by atoms with Gasteiger partial charge in [0.15, 0.2) is 5.69 Å². The van der Waals surface area contributed by atoms with Crippen LogP contribution in [0, 0.1) is 6.92 Å². The summed E-state index contributed by atoms with van der Waals surface area (Å²) in [6.07, 6.45) is -0.0892. The highest BCUT2D eigenvalue weighted by Gasteiger charge is 2.19. The molecule has 0 bridgehead atoms. The van der Waals surface area contributed by atoms with Crippen LogP contribution >= 0.6 is 0 Å². The second kappa shape index (κ2) is 6.03. The predicted molar refractivity (Wildman–Crippen MR) is 57.5 cm³/mol. The molecule has 17 heavy (non-hydrogen) atoms. The number of carbonyl (C=O) groups excluding carboxylic acids is 2. The first kappa shape index (κ1) is 13.2. The van der Waals surface area contributed by atoms with Crippen molar-refractivity contribution in [1.29, 1.82) is 0 Å². The maximum Gasteiger partial charge on any atom is 0.360 e. The van der Waals surface area contributed by atoms with Crippen LogP contribution in [0.4, 0.5) is 0 Å². The monoisotopic (exact) mass is 241 g/mol. The van der Waals surface area contributed by atoms with Gasteiger partial charge in [0.05, 0.1) is 13.2 Å². The molecule has 0 aliphatic rings. The molecule has 0 N–H and O–H groups in total. The lowest BCUT2D eigenvalue weighted by Crippen LogP contribution is -2.09. The number of hydrogen-bond donors (Lipinski definition) is 0. The average molecular weight is 241 g/mol. The van der Waals surface area contributed by atoms with Gasteiger partial charge in [-0.1, -0.05) is 0 Å². The third kappa shape index (κ3) is 3.58. The highest BCUT2D eigenvalue weighted by molar-refractivity contribution is 5.88. The lowest BCUT2D eigenvalue weighted by Gasteiger charge is -1.97. The smallest absolute Gasteiger partial charge is 0.360 e. The molecule has 6 nitrogen and oxygen atoms in total. The van der Waals surface area contributed by atoms with Gasteiger partial charge in [-0.05, 0) is 20.8 Å². The Kier molecular flexibility index (Phi) is 4.68. The number of oxazole rings is 1. The summed E-state index contributed by atoms with van der Waals surface area (Å²) in [7, 11) is 0. The Hall–Kier alpha value is -1.85. The van der Waals surface area contributed by atoms with Gasteiger partial charge in [0.1, 0.15) is 12.2 Å². The molecule has 0 aromatic carbocycles. The lowest BCUT2D eigenvalue weighted by atomic mass is 10.4. The van der Waals surface area contributed by atoms with Crippen LogP contribution in [-0.4, -0.2) is 30.1 Å². The molecule has 0 atom stereocenters. The first-order valence-corrected chi connectivity index (χ1v) is 5.37. The molecule has 0 saturated heterocycles. The number of ether oxygens (including phenoxy) is 2. The maximum absolute atomic E-state index is 11.4. The SMILES string of the molecule is CCOC(=O)Cc1nc(C(=O)OCC)c(C)o1. The van der Waals surface area contributed by atoms with E-state index in [9.17, 15) is 9.59 Å². The van der Waals surface area contributed by atoms with E-state index >= 15 is 0 Å². The van der Waals surface area contributed by atoms with Crippen LogP contribution in [0.15, 0.2) is 4.42 Å². The minimum Gasteiger partial charge on any atom is -0.466 e. The number of aryl methyl sites for hydroxylation is 1. The molecule has 1 heterocycles. The molecule has 0 spiro atoms.